The van der Waals surface area contributed by atoms with Crippen molar-refractivity contribution in [2.75, 3.05) is 13.2 Å². The van der Waals surface area contributed by atoms with Gasteiger partial charge in [-0.2, -0.15) is 0 Å². The predicted octanol–water partition coefficient (Wildman–Crippen LogP) is 10.3. The third-order valence-corrected chi connectivity index (χ3v) is 8.87. The van der Waals surface area contributed by atoms with Gasteiger partial charge in [-0.25, -0.2) is 0 Å². The lowest BCUT2D eigenvalue weighted by Crippen LogP contribution is -2.40. The van der Waals surface area contributed by atoms with Crippen molar-refractivity contribution < 1.29 is 24.2 Å². The fourth-order valence-electron chi connectivity index (χ4n) is 6.20. The number of hydrogen-bond acceptors (Lipinski definition) is 4. The van der Waals surface area contributed by atoms with Crippen LogP contribution in [0.15, 0.2) is 18.2 Å². The number of rotatable bonds is 19. The van der Waals surface area contributed by atoms with Crippen LogP contribution in [0.4, 0.5) is 0 Å². The molecule has 1 fully saturated rings. The molecule has 2 atom stereocenters. The molecule has 1 saturated carbocycles. The van der Waals surface area contributed by atoms with E-state index in [0.717, 1.165) is 57.0 Å². The summed E-state index contributed by atoms with van der Waals surface area (Å²) in [5, 5.41) is 12.1. The summed E-state index contributed by atoms with van der Waals surface area (Å²) < 4.78 is 5.39. The van der Waals surface area contributed by atoms with Crippen molar-refractivity contribution in [2.45, 2.75) is 169 Å². The minimum Gasteiger partial charge on any atom is -0.486 e. The number of carboxylic acid groups (broad SMARTS) is 1. The summed E-state index contributed by atoms with van der Waals surface area (Å²) in [4.78, 5) is 33.4. The highest BCUT2D eigenvalue weighted by molar-refractivity contribution is 5.84. The number of aliphatic carboxylic acids is 1. The zero-order valence-electron chi connectivity index (χ0n) is 28.5. The lowest BCUT2D eigenvalue weighted by molar-refractivity contribution is -0.148. The number of carboxylic acids is 1. The van der Waals surface area contributed by atoms with Crippen molar-refractivity contribution in [2.24, 2.45) is 11.8 Å². The summed E-state index contributed by atoms with van der Waals surface area (Å²) in [5.74, 6) is -0.768. The number of aldehydes is 1. The highest BCUT2D eigenvalue weighted by Crippen LogP contribution is 2.31. The van der Waals surface area contributed by atoms with Crippen LogP contribution in [-0.2, 0) is 27.2 Å². The Morgan fingerprint density at radius 3 is 1.87 bits per heavy atom. The average molecular weight is 632 g/mol. The SMILES string of the molecule is C.CCCCCCCCCCC.CCCCCCCNC(=O)C1CCCCC1C(=O)O.O=CCOc1cccc2c1CCCC2. The van der Waals surface area contributed by atoms with Crippen molar-refractivity contribution in [1.29, 1.82) is 0 Å². The van der Waals surface area contributed by atoms with Gasteiger partial charge >= 0.3 is 5.97 Å². The van der Waals surface area contributed by atoms with Crippen LogP contribution < -0.4 is 10.1 Å². The molecule has 0 bridgehead atoms. The zero-order valence-corrected chi connectivity index (χ0v) is 28.5. The third kappa shape index (κ3) is 19.7. The fraction of sp³-hybridized carbons (Fsp3) is 0.769. The molecule has 0 aromatic heterocycles. The largest absolute Gasteiger partial charge is 0.486 e. The first kappa shape index (κ1) is 42.6. The van der Waals surface area contributed by atoms with Gasteiger partial charge in [0, 0.05) is 6.54 Å². The predicted molar refractivity (Wildman–Crippen MR) is 189 cm³/mol. The quantitative estimate of drug-likeness (QED) is 0.117. The minimum atomic E-state index is -0.817. The molecular formula is C39H69NO5. The molecule has 2 N–H and O–H groups in total. The Morgan fingerprint density at radius 1 is 0.778 bits per heavy atom. The van der Waals surface area contributed by atoms with E-state index >= 15 is 0 Å². The normalized spacial score (nSPS) is 16.8. The second kappa shape index (κ2) is 29.1. The molecule has 0 spiro atoms. The van der Waals surface area contributed by atoms with Crippen LogP contribution in [0, 0.1) is 11.8 Å². The van der Waals surface area contributed by atoms with Crippen LogP contribution in [0.5, 0.6) is 5.75 Å². The molecule has 3 rings (SSSR count). The molecule has 2 aliphatic carbocycles. The smallest absolute Gasteiger partial charge is 0.307 e. The molecule has 0 heterocycles. The highest BCUT2D eigenvalue weighted by Gasteiger charge is 2.35. The first-order valence-corrected chi connectivity index (χ1v) is 18.2. The second-order valence-electron chi connectivity index (χ2n) is 12.6. The van der Waals surface area contributed by atoms with E-state index in [0.29, 0.717) is 13.0 Å². The van der Waals surface area contributed by atoms with Crippen LogP contribution in [-0.4, -0.2) is 36.4 Å². The maximum atomic E-state index is 12.0. The Hall–Kier alpha value is -2.37. The lowest BCUT2D eigenvalue weighted by atomic mass is 9.78. The number of fused-ring (bicyclic) bond motifs is 1. The Morgan fingerprint density at radius 2 is 1.31 bits per heavy atom. The van der Waals surface area contributed by atoms with Gasteiger partial charge in [-0.3, -0.25) is 14.4 Å². The maximum Gasteiger partial charge on any atom is 0.307 e. The van der Waals surface area contributed by atoms with Crippen molar-refractivity contribution in [3.05, 3.63) is 29.3 Å². The number of benzene rings is 1. The first-order valence-electron chi connectivity index (χ1n) is 18.2. The van der Waals surface area contributed by atoms with Gasteiger partial charge in [0.2, 0.25) is 5.91 Å². The second-order valence-corrected chi connectivity index (χ2v) is 12.6. The van der Waals surface area contributed by atoms with E-state index in [1.54, 1.807) is 0 Å². The highest BCUT2D eigenvalue weighted by atomic mass is 16.5. The molecule has 2 aliphatic rings. The Kier molecular flexibility index (Phi) is 27.5. The fourth-order valence-corrected chi connectivity index (χ4v) is 6.20. The van der Waals surface area contributed by atoms with E-state index in [1.807, 2.05) is 12.1 Å². The van der Waals surface area contributed by atoms with E-state index in [-0.39, 0.29) is 25.9 Å². The van der Waals surface area contributed by atoms with E-state index in [2.05, 4.69) is 32.2 Å². The van der Waals surface area contributed by atoms with Gasteiger partial charge in [-0.15, -0.1) is 0 Å². The molecule has 6 heteroatoms. The third-order valence-electron chi connectivity index (χ3n) is 8.87. The summed E-state index contributed by atoms with van der Waals surface area (Å²) in [6, 6.07) is 6.11. The molecule has 260 valence electrons. The number of carbonyl (C=O) groups excluding carboxylic acids is 2. The monoisotopic (exact) mass is 632 g/mol. The molecule has 2 unspecified atom stereocenters. The van der Waals surface area contributed by atoms with Gasteiger partial charge in [-0.05, 0) is 62.1 Å². The topological polar surface area (TPSA) is 92.7 Å². The van der Waals surface area contributed by atoms with Gasteiger partial charge in [0.25, 0.3) is 0 Å². The minimum absolute atomic E-state index is 0. The van der Waals surface area contributed by atoms with Crippen molar-refractivity contribution >= 4 is 18.2 Å². The lowest BCUT2D eigenvalue weighted by Gasteiger charge is -2.27. The number of carbonyl (C=O) groups is 3. The number of aryl methyl sites for hydroxylation is 1. The Bertz CT molecular complexity index is 878. The molecule has 45 heavy (non-hydrogen) atoms. The number of nitrogens with one attached hydrogen (secondary N) is 1. The average Bonchev–Trinajstić information content (AvgIpc) is 3.05. The summed E-state index contributed by atoms with van der Waals surface area (Å²) in [6.45, 7) is 7.58. The van der Waals surface area contributed by atoms with Crippen molar-refractivity contribution in [3.63, 3.8) is 0 Å². The standard InChI is InChI=1S/C15H27NO3.C12H14O2.C11H24.CH4/c1-2-3-4-5-8-11-16-14(17)12-9-6-7-10-13(12)15(18)19;13-8-9-14-12-7-3-5-10-4-1-2-6-11(10)12;1-3-5-7-9-11-10-8-6-4-2;/h12-13H,2-11H2,1H3,(H,16,17)(H,18,19);3,5,7-8H,1-2,4,6,9H2;3-11H2,1-2H3;1H4. The molecule has 1 aromatic carbocycles. The summed E-state index contributed by atoms with van der Waals surface area (Å²) in [7, 11) is 0. The molecule has 0 aliphatic heterocycles. The van der Waals surface area contributed by atoms with Gasteiger partial charge in [0.05, 0.1) is 11.8 Å². The van der Waals surface area contributed by atoms with Crippen molar-refractivity contribution in [1.82, 2.24) is 5.32 Å². The van der Waals surface area contributed by atoms with E-state index in [4.69, 9.17) is 9.84 Å². The zero-order chi connectivity index (χ0) is 32.3. The first-order chi connectivity index (χ1) is 21.5. The van der Waals surface area contributed by atoms with Crippen molar-refractivity contribution in [3.8, 4) is 5.75 Å². The molecule has 1 aromatic rings. The molecule has 6 nitrogen and oxygen atoms in total. The number of amides is 1. The Balaban J connectivity index is 0.000000664. The summed E-state index contributed by atoms with van der Waals surface area (Å²) in [6.07, 6.45) is 27.6. The van der Waals surface area contributed by atoms with Crippen LogP contribution >= 0.6 is 0 Å². The van der Waals surface area contributed by atoms with Gasteiger partial charge in [-0.1, -0.05) is 137 Å². The van der Waals surface area contributed by atoms with Crippen LogP contribution in [0.1, 0.15) is 168 Å². The molecular weight excluding hydrogens is 562 g/mol. The van der Waals surface area contributed by atoms with Crippen LogP contribution in [0.25, 0.3) is 0 Å². The molecule has 0 radical (unpaired) electrons. The van der Waals surface area contributed by atoms with Crippen LogP contribution in [0.3, 0.4) is 0 Å². The number of hydrogen-bond donors (Lipinski definition) is 2. The van der Waals surface area contributed by atoms with Crippen LogP contribution in [0.2, 0.25) is 0 Å². The van der Waals surface area contributed by atoms with Gasteiger partial charge in [0.15, 0.2) is 6.29 Å². The summed E-state index contributed by atoms with van der Waals surface area (Å²) >= 11 is 0. The van der Waals surface area contributed by atoms with E-state index < -0.39 is 11.9 Å². The van der Waals surface area contributed by atoms with E-state index in [9.17, 15) is 14.4 Å². The number of unbranched alkanes of at least 4 members (excludes halogenated alkanes) is 12. The van der Waals surface area contributed by atoms with Gasteiger partial charge < -0.3 is 15.2 Å². The van der Waals surface area contributed by atoms with Gasteiger partial charge in [0.1, 0.15) is 12.4 Å². The molecule has 0 saturated heterocycles. The summed E-state index contributed by atoms with van der Waals surface area (Å²) in [5.41, 5.74) is 2.69. The molecule has 1 amide bonds. The Labute approximate surface area is 276 Å². The maximum absolute atomic E-state index is 12.0. The van der Waals surface area contributed by atoms with E-state index in [1.165, 1.54) is 101 Å². The number of ether oxygens (including phenoxy) is 1.